The van der Waals surface area contributed by atoms with Crippen molar-refractivity contribution >= 4 is 34.8 Å². The van der Waals surface area contributed by atoms with Crippen LogP contribution in [0.15, 0.2) is 37.0 Å². The summed E-state index contributed by atoms with van der Waals surface area (Å²) in [6.07, 6.45) is 12.9. The van der Waals surface area contributed by atoms with Crippen molar-refractivity contribution in [1.82, 2.24) is 0 Å². The Morgan fingerprint density at radius 2 is 1.28 bits per heavy atom. The SMILES string of the molecule is C=CC(Cl)CC.CC/C=C/CCl.CC/C=C\CCl. The van der Waals surface area contributed by atoms with E-state index >= 15 is 0 Å². The van der Waals surface area contributed by atoms with Crippen LogP contribution in [-0.2, 0) is 0 Å². The number of alkyl halides is 3. The summed E-state index contributed by atoms with van der Waals surface area (Å²) in [5, 5.41) is 0.171. The van der Waals surface area contributed by atoms with Crippen LogP contribution in [0.1, 0.15) is 40.0 Å². The van der Waals surface area contributed by atoms with Crippen molar-refractivity contribution in [2.75, 3.05) is 11.8 Å². The highest BCUT2D eigenvalue weighted by atomic mass is 35.5. The summed E-state index contributed by atoms with van der Waals surface area (Å²) in [5.74, 6) is 1.29. The molecule has 0 bridgehead atoms. The van der Waals surface area contributed by atoms with Gasteiger partial charge in [-0.1, -0.05) is 51.2 Å². The molecular formula is C15H27Cl3. The van der Waals surface area contributed by atoms with Gasteiger partial charge in [-0.3, -0.25) is 0 Å². The van der Waals surface area contributed by atoms with E-state index in [1.54, 1.807) is 6.08 Å². The summed E-state index contributed by atoms with van der Waals surface area (Å²) in [6, 6.07) is 0. The van der Waals surface area contributed by atoms with Gasteiger partial charge < -0.3 is 0 Å². The van der Waals surface area contributed by atoms with Crippen molar-refractivity contribution in [2.24, 2.45) is 0 Å². The highest BCUT2D eigenvalue weighted by Gasteiger charge is 1.87. The first kappa shape index (κ1) is 23.2. The molecule has 0 amide bonds. The second kappa shape index (κ2) is 25.8. The van der Waals surface area contributed by atoms with Gasteiger partial charge in [-0.25, -0.2) is 0 Å². The lowest BCUT2D eigenvalue weighted by Crippen LogP contribution is -1.84. The van der Waals surface area contributed by atoms with Crippen LogP contribution >= 0.6 is 34.8 Å². The third-order valence-corrected chi connectivity index (χ3v) is 2.47. The minimum Gasteiger partial charge on any atom is -0.122 e. The number of hydrogen-bond acceptors (Lipinski definition) is 0. The molecule has 0 saturated carbocycles. The summed E-state index contributed by atoms with van der Waals surface area (Å²) < 4.78 is 0. The molecule has 0 heterocycles. The highest BCUT2D eigenvalue weighted by Crippen LogP contribution is 1.99. The molecule has 0 spiro atoms. The van der Waals surface area contributed by atoms with E-state index < -0.39 is 0 Å². The normalized spacial score (nSPS) is 11.4. The molecule has 0 aromatic carbocycles. The quantitative estimate of drug-likeness (QED) is 0.384. The van der Waals surface area contributed by atoms with Crippen molar-refractivity contribution in [3.05, 3.63) is 37.0 Å². The summed E-state index contributed by atoms with van der Waals surface area (Å²) in [7, 11) is 0. The van der Waals surface area contributed by atoms with Gasteiger partial charge in [0.15, 0.2) is 0 Å². The van der Waals surface area contributed by atoms with Crippen LogP contribution in [-0.4, -0.2) is 17.1 Å². The van der Waals surface area contributed by atoms with Crippen LogP contribution in [0.3, 0.4) is 0 Å². The van der Waals surface area contributed by atoms with Gasteiger partial charge in [-0.2, -0.15) is 0 Å². The molecule has 0 rings (SSSR count). The van der Waals surface area contributed by atoms with E-state index in [1.165, 1.54) is 0 Å². The van der Waals surface area contributed by atoms with Crippen LogP contribution in [0.25, 0.3) is 0 Å². The fraction of sp³-hybridized carbons (Fsp3) is 0.600. The molecule has 0 saturated heterocycles. The summed E-state index contributed by atoms with van der Waals surface area (Å²) in [4.78, 5) is 0. The molecule has 3 heteroatoms. The Balaban J connectivity index is -0.000000187. The van der Waals surface area contributed by atoms with Gasteiger partial charge >= 0.3 is 0 Å². The largest absolute Gasteiger partial charge is 0.122 e. The smallest absolute Gasteiger partial charge is 0.0510 e. The lowest BCUT2D eigenvalue weighted by atomic mass is 10.3. The van der Waals surface area contributed by atoms with Gasteiger partial charge in [-0.15, -0.1) is 41.4 Å². The summed E-state index contributed by atoms with van der Waals surface area (Å²) >= 11 is 16.1. The molecular weight excluding hydrogens is 287 g/mol. The predicted octanol–water partition coefficient (Wildman–Crippen LogP) is 6.57. The number of halogens is 3. The second-order valence-corrected chi connectivity index (χ2v) is 4.41. The second-order valence-electron chi connectivity index (χ2n) is 3.23. The molecule has 1 unspecified atom stereocenters. The minimum absolute atomic E-state index is 0.171. The first-order chi connectivity index (χ1) is 8.64. The minimum atomic E-state index is 0.171. The maximum absolute atomic E-state index is 5.53. The molecule has 0 aromatic heterocycles. The van der Waals surface area contributed by atoms with Gasteiger partial charge in [0.25, 0.3) is 0 Å². The number of rotatable bonds is 6. The Morgan fingerprint density at radius 3 is 1.33 bits per heavy atom. The highest BCUT2D eigenvalue weighted by molar-refractivity contribution is 6.21. The summed E-state index contributed by atoms with van der Waals surface area (Å²) in [5.41, 5.74) is 0. The van der Waals surface area contributed by atoms with Gasteiger partial charge in [-0.05, 0) is 19.3 Å². The average molecular weight is 314 g/mol. The fourth-order valence-corrected chi connectivity index (χ4v) is 0.878. The molecule has 0 N–H and O–H groups in total. The van der Waals surface area contributed by atoms with Crippen molar-refractivity contribution in [2.45, 2.75) is 45.4 Å². The lowest BCUT2D eigenvalue weighted by molar-refractivity contribution is 0.969. The molecule has 0 aliphatic carbocycles. The van der Waals surface area contributed by atoms with Crippen LogP contribution in [0, 0.1) is 0 Å². The van der Waals surface area contributed by atoms with E-state index in [2.05, 4.69) is 20.4 Å². The van der Waals surface area contributed by atoms with Gasteiger partial charge in [0, 0.05) is 11.8 Å². The number of allylic oxidation sites excluding steroid dienone is 5. The lowest BCUT2D eigenvalue weighted by Gasteiger charge is -1.90. The number of hydrogen-bond donors (Lipinski definition) is 0. The Bertz CT molecular complexity index is 160. The van der Waals surface area contributed by atoms with Gasteiger partial charge in [0.1, 0.15) is 0 Å². The maximum atomic E-state index is 5.53. The van der Waals surface area contributed by atoms with E-state index in [9.17, 15) is 0 Å². The van der Waals surface area contributed by atoms with E-state index in [4.69, 9.17) is 34.8 Å². The average Bonchev–Trinajstić information content (AvgIpc) is 2.43. The molecule has 0 fully saturated rings. The topological polar surface area (TPSA) is 0 Å². The van der Waals surface area contributed by atoms with Gasteiger partial charge in [0.2, 0.25) is 0 Å². The van der Waals surface area contributed by atoms with Crippen LogP contribution in [0.5, 0.6) is 0 Å². The van der Waals surface area contributed by atoms with E-state index in [0.717, 1.165) is 19.3 Å². The molecule has 108 valence electrons. The zero-order valence-corrected chi connectivity index (χ0v) is 14.1. The summed E-state index contributed by atoms with van der Waals surface area (Å²) in [6.45, 7) is 9.70. The van der Waals surface area contributed by atoms with Crippen LogP contribution in [0.2, 0.25) is 0 Å². The third-order valence-electron chi connectivity index (χ3n) is 1.63. The van der Waals surface area contributed by atoms with Crippen LogP contribution < -0.4 is 0 Å². The molecule has 1 atom stereocenters. The molecule has 18 heavy (non-hydrogen) atoms. The van der Waals surface area contributed by atoms with Crippen molar-refractivity contribution in [3.8, 4) is 0 Å². The van der Waals surface area contributed by atoms with Crippen molar-refractivity contribution in [1.29, 1.82) is 0 Å². The maximum Gasteiger partial charge on any atom is 0.0510 e. The Kier molecular flexibility index (Phi) is 33.3. The Hall–Kier alpha value is 0.0900. The molecule has 0 radical (unpaired) electrons. The van der Waals surface area contributed by atoms with Crippen molar-refractivity contribution < 1.29 is 0 Å². The van der Waals surface area contributed by atoms with E-state index in [-0.39, 0.29) is 5.38 Å². The van der Waals surface area contributed by atoms with Gasteiger partial charge in [0.05, 0.1) is 5.38 Å². The third kappa shape index (κ3) is 36.0. The first-order valence-corrected chi connectivity index (χ1v) is 7.83. The molecule has 0 aromatic rings. The predicted molar refractivity (Wildman–Crippen MR) is 90.4 cm³/mol. The zero-order chi connectivity index (χ0) is 14.6. The Labute approximate surface area is 129 Å². The first-order valence-electron chi connectivity index (χ1n) is 6.32. The van der Waals surface area contributed by atoms with E-state index in [0.29, 0.717) is 11.8 Å². The van der Waals surface area contributed by atoms with E-state index in [1.807, 2.05) is 31.2 Å². The molecule has 0 nitrogen and oxygen atoms in total. The van der Waals surface area contributed by atoms with Crippen molar-refractivity contribution in [3.63, 3.8) is 0 Å². The standard InChI is InChI=1S/3C5H9Cl/c1-3-5(6)4-2;2*1-2-3-4-5-6/h3,5H,1,4H2,2H3;2*3-4H,2,5H2,1H3/b;4-3+;4-3-. The van der Waals surface area contributed by atoms with Crippen LogP contribution in [0.4, 0.5) is 0 Å². The monoisotopic (exact) mass is 312 g/mol. The zero-order valence-electron chi connectivity index (χ0n) is 11.8. The Morgan fingerprint density at radius 1 is 0.889 bits per heavy atom. The molecule has 0 aliphatic rings. The molecule has 0 aliphatic heterocycles. The fourth-order valence-electron chi connectivity index (χ4n) is 0.626.